The molecule has 2 aromatic rings. The fourth-order valence-corrected chi connectivity index (χ4v) is 4.16. The van der Waals surface area contributed by atoms with Crippen LogP contribution < -0.4 is 10.6 Å². The normalized spacial score (nSPS) is 24.6. The maximum atomic E-state index is 12.8. The van der Waals surface area contributed by atoms with Crippen molar-refractivity contribution in [2.75, 3.05) is 6.54 Å². The molecule has 0 atom stereocenters. The number of urea groups is 1. The average molecular weight is 379 g/mol. The van der Waals surface area contributed by atoms with Crippen molar-refractivity contribution in [3.05, 3.63) is 48.0 Å². The van der Waals surface area contributed by atoms with Crippen molar-refractivity contribution >= 4 is 28.6 Å². The summed E-state index contributed by atoms with van der Waals surface area (Å²) < 4.78 is 0. The maximum Gasteiger partial charge on any atom is 0.325 e. The number of hydrogen-bond donors (Lipinski definition) is 2. The maximum absolute atomic E-state index is 12.8. The molecule has 1 aliphatic heterocycles. The van der Waals surface area contributed by atoms with Gasteiger partial charge in [0.05, 0.1) is 0 Å². The average Bonchev–Trinajstić information content (AvgIpc) is 2.93. The third kappa shape index (κ3) is 3.46. The summed E-state index contributed by atoms with van der Waals surface area (Å²) in [6.07, 6.45) is 3.12. The second-order valence-corrected chi connectivity index (χ2v) is 8.04. The Morgan fingerprint density at radius 1 is 1.14 bits per heavy atom. The Hall–Kier alpha value is -2.89. The van der Waals surface area contributed by atoms with Crippen LogP contribution in [0.4, 0.5) is 4.79 Å². The number of rotatable bonds is 4. The van der Waals surface area contributed by atoms with E-state index in [1.54, 1.807) is 0 Å². The van der Waals surface area contributed by atoms with Gasteiger partial charge in [-0.1, -0.05) is 43.3 Å². The highest BCUT2D eigenvalue weighted by Gasteiger charge is 2.52. The van der Waals surface area contributed by atoms with E-state index in [0.717, 1.165) is 34.1 Å². The van der Waals surface area contributed by atoms with Gasteiger partial charge in [0.25, 0.3) is 5.91 Å². The summed E-state index contributed by atoms with van der Waals surface area (Å²) in [6.45, 7) is 2.28. The van der Waals surface area contributed by atoms with Crippen LogP contribution >= 0.6 is 0 Å². The Kier molecular flexibility index (Phi) is 4.79. The van der Waals surface area contributed by atoms with Gasteiger partial charge in [0, 0.05) is 6.54 Å². The van der Waals surface area contributed by atoms with Gasteiger partial charge in [-0.25, -0.2) is 4.79 Å². The van der Waals surface area contributed by atoms with Crippen LogP contribution in [0.25, 0.3) is 10.8 Å². The number of benzene rings is 2. The fraction of sp³-hybridized carbons (Fsp3) is 0.409. The Bertz CT molecular complexity index is 932. The lowest BCUT2D eigenvalue weighted by molar-refractivity contribution is -0.136. The van der Waals surface area contributed by atoms with E-state index >= 15 is 0 Å². The number of carbonyl (C=O) groups excluding carboxylic acids is 3. The van der Waals surface area contributed by atoms with Gasteiger partial charge in [-0.3, -0.25) is 14.5 Å². The van der Waals surface area contributed by atoms with E-state index in [4.69, 9.17) is 0 Å². The number of amides is 4. The lowest BCUT2D eigenvalue weighted by atomic mass is 9.77. The van der Waals surface area contributed by atoms with Gasteiger partial charge in [-0.05, 0) is 54.0 Å². The van der Waals surface area contributed by atoms with Crippen LogP contribution in [0.2, 0.25) is 0 Å². The van der Waals surface area contributed by atoms with Gasteiger partial charge >= 0.3 is 6.03 Å². The lowest BCUT2D eigenvalue weighted by Gasteiger charge is -2.33. The van der Waals surface area contributed by atoms with Crippen LogP contribution in [0.5, 0.6) is 0 Å². The fourth-order valence-electron chi connectivity index (χ4n) is 4.16. The van der Waals surface area contributed by atoms with E-state index in [-0.39, 0.29) is 18.4 Å². The molecule has 4 rings (SSSR count). The zero-order valence-corrected chi connectivity index (χ0v) is 16.0. The predicted octanol–water partition coefficient (Wildman–Crippen LogP) is 2.96. The van der Waals surface area contributed by atoms with Gasteiger partial charge in [0.2, 0.25) is 5.91 Å². The summed E-state index contributed by atoms with van der Waals surface area (Å²) >= 11 is 0. The molecule has 2 aromatic carbocycles. The van der Waals surface area contributed by atoms with E-state index in [2.05, 4.69) is 17.6 Å². The van der Waals surface area contributed by atoms with Crippen molar-refractivity contribution in [1.82, 2.24) is 15.5 Å². The highest BCUT2D eigenvalue weighted by molar-refractivity contribution is 6.09. The van der Waals surface area contributed by atoms with Crippen LogP contribution in [-0.4, -0.2) is 34.8 Å². The van der Waals surface area contributed by atoms with Crippen molar-refractivity contribution in [2.24, 2.45) is 5.92 Å². The quantitative estimate of drug-likeness (QED) is 0.802. The van der Waals surface area contributed by atoms with Crippen LogP contribution in [0.15, 0.2) is 42.5 Å². The van der Waals surface area contributed by atoms with Crippen molar-refractivity contribution in [1.29, 1.82) is 0 Å². The topological polar surface area (TPSA) is 78.5 Å². The van der Waals surface area contributed by atoms with Crippen LogP contribution in [0.1, 0.15) is 38.2 Å². The zero-order chi connectivity index (χ0) is 19.7. The van der Waals surface area contributed by atoms with Crippen molar-refractivity contribution in [3.8, 4) is 0 Å². The molecule has 1 saturated heterocycles. The Labute approximate surface area is 164 Å². The first kappa shape index (κ1) is 18.5. The molecule has 146 valence electrons. The molecule has 0 radical (unpaired) electrons. The van der Waals surface area contributed by atoms with Crippen LogP contribution in [0, 0.1) is 5.92 Å². The molecule has 0 bridgehead atoms. The first-order valence-electron chi connectivity index (χ1n) is 9.85. The standard InChI is InChI=1S/C22H25N3O3/c1-15-8-10-22(11-9-15)20(27)25(21(28)24-22)14-19(26)23-13-16-6-7-17-4-2-3-5-18(17)12-16/h2-7,12,15H,8-11,13-14H2,1H3,(H,23,26)(H,24,28). The van der Waals surface area contributed by atoms with E-state index in [0.29, 0.717) is 25.3 Å². The molecule has 6 nitrogen and oxygen atoms in total. The Morgan fingerprint density at radius 3 is 2.61 bits per heavy atom. The Balaban J connectivity index is 1.36. The summed E-state index contributed by atoms with van der Waals surface area (Å²) in [7, 11) is 0. The van der Waals surface area contributed by atoms with Gasteiger partial charge in [-0.2, -0.15) is 0 Å². The van der Waals surface area contributed by atoms with Crippen LogP contribution in [0.3, 0.4) is 0 Å². The van der Waals surface area contributed by atoms with Gasteiger partial charge in [0.1, 0.15) is 12.1 Å². The number of hydrogen-bond acceptors (Lipinski definition) is 3. The molecule has 2 aliphatic rings. The second-order valence-electron chi connectivity index (χ2n) is 8.04. The minimum Gasteiger partial charge on any atom is -0.350 e. The van der Waals surface area contributed by atoms with Gasteiger partial charge in [-0.15, -0.1) is 0 Å². The molecule has 28 heavy (non-hydrogen) atoms. The summed E-state index contributed by atoms with van der Waals surface area (Å²) in [5.41, 5.74) is 0.171. The molecule has 6 heteroatoms. The lowest BCUT2D eigenvalue weighted by Crippen LogP contribution is -2.49. The Morgan fingerprint density at radius 2 is 1.86 bits per heavy atom. The molecular weight excluding hydrogens is 354 g/mol. The zero-order valence-electron chi connectivity index (χ0n) is 16.0. The minimum absolute atomic E-state index is 0.241. The smallest absolute Gasteiger partial charge is 0.325 e. The van der Waals surface area contributed by atoms with E-state index < -0.39 is 11.6 Å². The monoisotopic (exact) mass is 379 g/mol. The van der Waals surface area contributed by atoms with E-state index in [9.17, 15) is 14.4 Å². The number of fused-ring (bicyclic) bond motifs is 1. The molecule has 1 spiro atoms. The van der Waals surface area contributed by atoms with Crippen LogP contribution in [-0.2, 0) is 16.1 Å². The third-order valence-electron chi connectivity index (χ3n) is 5.98. The summed E-state index contributed by atoms with van der Waals surface area (Å²) in [5, 5.41) is 7.91. The van der Waals surface area contributed by atoms with Crippen molar-refractivity contribution in [2.45, 2.75) is 44.7 Å². The summed E-state index contributed by atoms with van der Waals surface area (Å²) in [4.78, 5) is 38.6. The first-order chi connectivity index (χ1) is 13.5. The largest absolute Gasteiger partial charge is 0.350 e. The molecule has 1 heterocycles. The van der Waals surface area contributed by atoms with E-state index in [1.165, 1.54) is 0 Å². The van der Waals surface area contributed by atoms with Crippen molar-refractivity contribution in [3.63, 3.8) is 0 Å². The number of carbonyl (C=O) groups is 3. The molecular formula is C22H25N3O3. The van der Waals surface area contributed by atoms with Crippen molar-refractivity contribution < 1.29 is 14.4 Å². The van der Waals surface area contributed by atoms with E-state index in [1.807, 2.05) is 42.5 Å². The second kappa shape index (κ2) is 7.26. The van der Waals surface area contributed by atoms with Gasteiger partial charge < -0.3 is 10.6 Å². The number of imide groups is 1. The van der Waals surface area contributed by atoms with Gasteiger partial charge in [0.15, 0.2) is 0 Å². The first-order valence-corrected chi connectivity index (χ1v) is 9.85. The molecule has 4 amide bonds. The number of nitrogens with one attached hydrogen (secondary N) is 2. The molecule has 1 saturated carbocycles. The minimum atomic E-state index is -0.803. The molecule has 2 fully saturated rings. The predicted molar refractivity (Wildman–Crippen MR) is 106 cm³/mol. The highest BCUT2D eigenvalue weighted by atomic mass is 16.2. The molecule has 0 unspecified atom stereocenters. The SMILES string of the molecule is CC1CCC2(CC1)NC(=O)N(CC(=O)NCc1ccc3ccccc3c1)C2=O. The molecule has 0 aromatic heterocycles. The molecule has 1 aliphatic carbocycles. The third-order valence-corrected chi connectivity index (χ3v) is 5.98. The highest BCUT2D eigenvalue weighted by Crippen LogP contribution is 2.36. The molecule has 2 N–H and O–H groups in total. The summed E-state index contributed by atoms with van der Waals surface area (Å²) in [6, 6.07) is 13.6. The summed E-state index contributed by atoms with van der Waals surface area (Å²) in [5.74, 6) is -0.0298. The number of nitrogens with zero attached hydrogens (tertiary/aromatic N) is 1.